The molecule has 0 rings (SSSR count). The topological polar surface area (TPSA) is 114 Å². The third-order valence-electron chi connectivity index (χ3n) is 12.3. The molecule has 67 heavy (non-hydrogen) atoms. The van der Waals surface area contributed by atoms with E-state index >= 15 is 0 Å². The maximum absolute atomic E-state index is 13.5. The number of phosphoric ester groups is 1. The number of rotatable bonds is 50. The van der Waals surface area contributed by atoms with Crippen LogP contribution in [0, 0.1) is 0 Å². The fourth-order valence-corrected chi connectivity index (χ4v) is 8.72. The minimum absolute atomic E-state index is 0.0243. The number of phosphoric acid groups is 1. The Kier molecular flexibility index (Phi) is 46.2. The van der Waals surface area contributed by atoms with Gasteiger partial charge in [0.25, 0.3) is 7.82 Å². The molecular formula is C57H107N2O7P. The van der Waals surface area contributed by atoms with Gasteiger partial charge in [0.15, 0.2) is 0 Å². The monoisotopic (exact) mass is 963 g/mol. The van der Waals surface area contributed by atoms with Crippen LogP contribution < -0.4 is 10.2 Å². The Morgan fingerprint density at radius 3 is 1.42 bits per heavy atom. The zero-order chi connectivity index (χ0) is 49.4. The maximum atomic E-state index is 13.5. The van der Waals surface area contributed by atoms with Gasteiger partial charge in [-0.05, 0) is 51.0 Å². The van der Waals surface area contributed by atoms with Crippen molar-refractivity contribution >= 4 is 19.7 Å². The van der Waals surface area contributed by atoms with E-state index in [-0.39, 0.29) is 24.9 Å². The number of hydrogen-bond acceptors (Lipinski definition) is 7. The molecule has 0 aliphatic heterocycles. The Balaban J connectivity index is 5.38. The van der Waals surface area contributed by atoms with E-state index in [1.165, 1.54) is 141 Å². The molecule has 0 fully saturated rings. The number of nitrogens with one attached hydrogen (secondary N) is 1. The summed E-state index contributed by atoms with van der Waals surface area (Å²) < 4.78 is 30.2. The van der Waals surface area contributed by atoms with E-state index in [0.717, 1.165) is 77.0 Å². The quantitative estimate of drug-likeness (QED) is 0.0161. The van der Waals surface area contributed by atoms with E-state index in [4.69, 9.17) is 13.8 Å². The number of ether oxygens (including phenoxy) is 1. The van der Waals surface area contributed by atoms with Crippen LogP contribution in [-0.2, 0) is 27.9 Å². The number of nitrogens with zero attached hydrogens (tertiary/aromatic N) is 1. The van der Waals surface area contributed by atoms with Crippen LogP contribution in [0.3, 0.4) is 0 Å². The molecule has 0 aromatic carbocycles. The van der Waals surface area contributed by atoms with Gasteiger partial charge < -0.3 is 28.5 Å². The van der Waals surface area contributed by atoms with E-state index < -0.39 is 26.6 Å². The average Bonchev–Trinajstić information content (AvgIpc) is 3.28. The first kappa shape index (κ1) is 65.0. The minimum Gasteiger partial charge on any atom is -0.756 e. The van der Waals surface area contributed by atoms with Crippen LogP contribution in [0.4, 0.5) is 0 Å². The van der Waals surface area contributed by atoms with E-state index in [9.17, 15) is 19.0 Å². The maximum Gasteiger partial charge on any atom is 0.306 e. The van der Waals surface area contributed by atoms with Crippen LogP contribution in [0.2, 0.25) is 0 Å². The van der Waals surface area contributed by atoms with Crippen LogP contribution in [0.1, 0.15) is 252 Å². The van der Waals surface area contributed by atoms with Crippen molar-refractivity contribution in [3.63, 3.8) is 0 Å². The highest BCUT2D eigenvalue weighted by Gasteiger charge is 2.27. The van der Waals surface area contributed by atoms with Crippen LogP contribution >= 0.6 is 7.82 Å². The predicted molar refractivity (Wildman–Crippen MR) is 284 cm³/mol. The van der Waals surface area contributed by atoms with Crippen LogP contribution in [0.25, 0.3) is 0 Å². The van der Waals surface area contributed by atoms with Crippen molar-refractivity contribution in [1.82, 2.24) is 5.32 Å². The van der Waals surface area contributed by atoms with Gasteiger partial charge in [-0.2, -0.15) is 0 Å². The largest absolute Gasteiger partial charge is 0.756 e. The summed E-state index contributed by atoms with van der Waals surface area (Å²) >= 11 is 0. The highest BCUT2D eigenvalue weighted by molar-refractivity contribution is 7.45. The first-order valence-electron chi connectivity index (χ1n) is 28.0. The highest BCUT2D eigenvalue weighted by Crippen LogP contribution is 2.38. The zero-order valence-electron chi connectivity index (χ0n) is 44.6. The van der Waals surface area contributed by atoms with Crippen molar-refractivity contribution in [3.8, 4) is 0 Å². The fraction of sp³-hybridized carbons (Fsp3) is 0.825. The van der Waals surface area contributed by atoms with Gasteiger partial charge >= 0.3 is 5.97 Å². The second kappa shape index (κ2) is 47.6. The molecule has 0 radical (unpaired) electrons. The van der Waals surface area contributed by atoms with Gasteiger partial charge in [0.1, 0.15) is 19.3 Å². The summed E-state index contributed by atoms with van der Waals surface area (Å²) in [7, 11) is 1.18. The lowest BCUT2D eigenvalue weighted by Gasteiger charge is -2.30. The fourth-order valence-electron chi connectivity index (χ4n) is 7.99. The molecule has 0 aromatic rings. The van der Waals surface area contributed by atoms with E-state index in [1.54, 1.807) is 0 Å². The number of amides is 1. The first-order chi connectivity index (χ1) is 32.4. The number of esters is 1. The lowest BCUT2D eigenvalue weighted by atomic mass is 10.0. The summed E-state index contributed by atoms with van der Waals surface area (Å²) in [6.07, 6.45) is 56.4. The lowest BCUT2D eigenvalue weighted by Crippen LogP contribution is -2.47. The van der Waals surface area contributed by atoms with Crippen molar-refractivity contribution in [3.05, 3.63) is 48.6 Å². The summed E-state index contributed by atoms with van der Waals surface area (Å²) in [5, 5.41) is 3.01. The molecule has 0 saturated carbocycles. The first-order valence-corrected chi connectivity index (χ1v) is 29.4. The van der Waals surface area contributed by atoms with Crippen molar-refractivity contribution in [2.45, 2.75) is 264 Å². The molecule has 0 aliphatic carbocycles. The molecule has 0 aromatic heterocycles. The Labute approximate surface area is 414 Å². The van der Waals surface area contributed by atoms with Crippen LogP contribution in [0.5, 0.6) is 0 Å². The third-order valence-corrected chi connectivity index (χ3v) is 13.3. The molecule has 1 N–H and O–H groups in total. The van der Waals surface area contributed by atoms with Gasteiger partial charge in [-0.25, -0.2) is 0 Å². The van der Waals surface area contributed by atoms with Crippen molar-refractivity contribution < 1.29 is 37.3 Å². The Hall–Kier alpha value is -2.03. The number of quaternary nitrogens is 1. The van der Waals surface area contributed by atoms with E-state index in [0.29, 0.717) is 17.4 Å². The molecule has 1 amide bonds. The van der Waals surface area contributed by atoms with Crippen molar-refractivity contribution in [1.29, 1.82) is 0 Å². The minimum atomic E-state index is -4.69. The average molecular weight is 963 g/mol. The van der Waals surface area contributed by atoms with Gasteiger partial charge in [0.2, 0.25) is 5.91 Å². The Morgan fingerprint density at radius 2 is 0.955 bits per heavy atom. The van der Waals surface area contributed by atoms with Crippen LogP contribution in [-0.4, -0.2) is 69.4 Å². The highest BCUT2D eigenvalue weighted by atomic mass is 31.2. The van der Waals surface area contributed by atoms with Crippen molar-refractivity contribution in [2.75, 3.05) is 40.9 Å². The summed E-state index contributed by atoms with van der Waals surface area (Å²) in [6.45, 7) is 6.71. The molecule has 3 unspecified atom stereocenters. The normalized spacial score (nSPS) is 14.2. The van der Waals surface area contributed by atoms with E-state index in [1.807, 2.05) is 33.3 Å². The second-order valence-corrected chi connectivity index (χ2v) is 21.5. The number of allylic oxidation sites excluding steroid dienone is 7. The molecule has 0 spiro atoms. The SMILES string of the molecule is CC/C=C/C=C/C=C/CCCCCCCCCC(=O)NC(COP(=O)([O-])OCC[N+](C)(C)C)C(/C=C/CCCCCCCCCCCC)OC(=O)CCCCCCCCCCCCCCCC. The van der Waals surface area contributed by atoms with Gasteiger partial charge in [-0.1, -0.05) is 237 Å². The van der Waals surface area contributed by atoms with Gasteiger partial charge in [0, 0.05) is 12.8 Å². The number of carbonyl (C=O) groups excluding carboxylic acids is 2. The van der Waals surface area contributed by atoms with Gasteiger partial charge in [-0.15, -0.1) is 0 Å². The number of hydrogen-bond donors (Lipinski definition) is 1. The molecule has 392 valence electrons. The number of carbonyl (C=O) groups is 2. The molecule has 0 heterocycles. The van der Waals surface area contributed by atoms with Gasteiger partial charge in [-0.3, -0.25) is 14.2 Å². The molecule has 0 saturated heterocycles. The molecule has 3 atom stereocenters. The molecule has 0 bridgehead atoms. The summed E-state index contributed by atoms with van der Waals surface area (Å²) in [4.78, 5) is 39.8. The Bertz CT molecular complexity index is 1290. The lowest BCUT2D eigenvalue weighted by molar-refractivity contribution is -0.870. The van der Waals surface area contributed by atoms with E-state index in [2.05, 4.69) is 62.5 Å². The summed E-state index contributed by atoms with van der Waals surface area (Å²) in [5.74, 6) is -0.550. The molecule has 10 heteroatoms. The number of likely N-dealkylation sites (N-methyl/N-ethyl adjacent to an activating group) is 1. The van der Waals surface area contributed by atoms with Gasteiger partial charge in [0.05, 0.1) is 33.8 Å². The smallest absolute Gasteiger partial charge is 0.306 e. The Morgan fingerprint density at radius 1 is 0.537 bits per heavy atom. The predicted octanol–water partition coefficient (Wildman–Crippen LogP) is 15.9. The zero-order valence-corrected chi connectivity index (χ0v) is 45.5. The summed E-state index contributed by atoms with van der Waals surface area (Å²) in [5.41, 5.74) is 0. The van der Waals surface area contributed by atoms with Crippen molar-refractivity contribution in [2.24, 2.45) is 0 Å². The standard InChI is InChI=1S/C57H107N2O7P/c1-7-10-13-16-19-22-25-28-30-31-34-37-40-43-46-49-56(60)58-54(53-65-67(62,63)64-52-51-59(4,5)6)55(48-45-42-39-36-33-27-24-21-18-15-12-9-3)66-57(61)50-47-44-41-38-35-32-29-26-23-20-17-14-11-8-2/h10,13,16,19,22,25,45,48,54-55H,7-9,11-12,14-15,17-18,20-21,23-24,26-44,46-47,49-53H2,1-6H3,(H-,58,60,62,63)/b13-10+,19-16+,25-22+,48-45+. The summed E-state index contributed by atoms with van der Waals surface area (Å²) in [6, 6.07) is -0.890. The third kappa shape index (κ3) is 48.8. The number of unbranched alkanes of at least 4 members (excludes halogenated alkanes) is 30. The molecular weight excluding hydrogens is 856 g/mol. The molecule has 9 nitrogen and oxygen atoms in total. The van der Waals surface area contributed by atoms with Crippen LogP contribution in [0.15, 0.2) is 48.6 Å². The second-order valence-electron chi connectivity index (χ2n) is 20.1. The molecule has 0 aliphatic rings.